The molecule has 0 aliphatic carbocycles. The molecule has 1 aromatic heterocycles. The van der Waals surface area contributed by atoms with E-state index in [0.717, 1.165) is 5.52 Å². The molecule has 0 bridgehead atoms. The first-order valence-electron chi connectivity index (χ1n) is 7.19. The molecule has 1 aromatic carbocycles. The van der Waals surface area contributed by atoms with Crippen molar-refractivity contribution < 1.29 is 0 Å². The molecule has 0 radical (unpaired) electrons. The Balaban J connectivity index is 2.37. The van der Waals surface area contributed by atoms with Gasteiger partial charge in [0.25, 0.3) is 0 Å². The van der Waals surface area contributed by atoms with Crippen LogP contribution in [0, 0.1) is 0 Å². The molecule has 0 saturated heterocycles. The average molecular weight is 244 g/mol. The molecule has 0 amide bonds. The van der Waals surface area contributed by atoms with Crippen molar-refractivity contribution in [1.29, 1.82) is 0 Å². The molecular weight excluding hydrogens is 220 g/mol. The molecule has 0 N–H and O–H groups in total. The van der Waals surface area contributed by atoms with Crippen LogP contribution in [-0.2, 0) is 19.9 Å². The van der Waals surface area contributed by atoms with Gasteiger partial charge < -0.3 is 4.57 Å². The van der Waals surface area contributed by atoms with Gasteiger partial charge in [-0.2, -0.15) is 0 Å². The van der Waals surface area contributed by atoms with Crippen molar-refractivity contribution in [2.45, 2.75) is 52.4 Å². The number of hydrogen-bond acceptors (Lipinski definition) is 1. The summed E-state index contributed by atoms with van der Waals surface area (Å²) in [6.45, 7) is 4.51. The van der Waals surface area contributed by atoms with E-state index in [-0.39, 0.29) is 0 Å². The van der Waals surface area contributed by atoms with Crippen LogP contribution in [0.1, 0.15) is 50.7 Å². The first kappa shape index (κ1) is 13.1. The summed E-state index contributed by atoms with van der Waals surface area (Å²) >= 11 is 0. The monoisotopic (exact) mass is 244 g/mol. The minimum atomic E-state index is 1.14. The molecule has 98 valence electrons. The van der Waals surface area contributed by atoms with Crippen LogP contribution in [0.5, 0.6) is 0 Å². The summed E-state index contributed by atoms with van der Waals surface area (Å²) in [5, 5.41) is 0. The number of aromatic nitrogens is 2. The number of nitrogens with zero attached hydrogens (tertiary/aromatic N) is 2. The first-order valence-corrected chi connectivity index (χ1v) is 7.19. The molecule has 0 aliphatic rings. The Morgan fingerprint density at radius 3 is 2.22 bits per heavy atom. The third-order valence-corrected chi connectivity index (χ3v) is 3.65. The van der Waals surface area contributed by atoms with E-state index in [1.54, 1.807) is 0 Å². The number of aryl methyl sites for hydroxylation is 3. The summed E-state index contributed by atoms with van der Waals surface area (Å²) < 4.78 is 2.12. The van der Waals surface area contributed by atoms with Gasteiger partial charge in [0.1, 0.15) is 0 Å². The van der Waals surface area contributed by atoms with Crippen molar-refractivity contribution in [2.75, 3.05) is 0 Å². The van der Waals surface area contributed by atoms with Crippen molar-refractivity contribution in [3.05, 3.63) is 29.6 Å². The van der Waals surface area contributed by atoms with Crippen LogP contribution in [-0.4, -0.2) is 9.55 Å². The quantitative estimate of drug-likeness (QED) is 0.742. The molecule has 0 aliphatic heterocycles. The molecule has 0 spiro atoms. The minimum absolute atomic E-state index is 1.14. The molecule has 2 nitrogen and oxygen atoms in total. The summed E-state index contributed by atoms with van der Waals surface area (Å²) in [5.74, 6) is 0. The Hall–Kier alpha value is -1.31. The van der Waals surface area contributed by atoms with Crippen LogP contribution < -0.4 is 0 Å². The van der Waals surface area contributed by atoms with E-state index in [2.05, 4.69) is 42.6 Å². The molecular formula is C16H24N2. The Morgan fingerprint density at radius 2 is 1.61 bits per heavy atom. The van der Waals surface area contributed by atoms with Crippen molar-refractivity contribution in [2.24, 2.45) is 7.05 Å². The fraction of sp³-hybridized carbons (Fsp3) is 0.562. The van der Waals surface area contributed by atoms with Gasteiger partial charge in [-0.15, -0.1) is 0 Å². The van der Waals surface area contributed by atoms with Gasteiger partial charge in [-0.3, -0.25) is 0 Å². The third kappa shape index (κ3) is 2.74. The van der Waals surface area contributed by atoms with Crippen molar-refractivity contribution in [3.8, 4) is 0 Å². The van der Waals surface area contributed by atoms with Gasteiger partial charge in [0.2, 0.25) is 0 Å². The summed E-state index contributed by atoms with van der Waals surface area (Å²) in [6.07, 6.45) is 9.39. The van der Waals surface area contributed by atoms with Crippen LogP contribution in [0.25, 0.3) is 11.0 Å². The molecule has 18 heavy (non-hydrogen) atoms. The van der Waals surface area contributed by atoms with Gasteiger partial charge in [-0.25, -0.2) is 4.98 Å². The van der Waals surface area contributed by atoms with Crippen molar-refractivity contribution in [3.63, 3.8) is 0 Å². The average Bonchev–Trinajstić information content (AvgIpc) is 2.74. The maximum absolute atomic E-state index is 4.47. The Kier molecular flexibility index (Phi) is 4.40. The van der Waals surface area contributed by atoms with Gasteiger partial charge in [0.15, 0.2) is 0 Å². The number of benzene rings is 1. The van der Waals surface area contributed by atoms with Crippen LogP contribution >= 0.6 is 0 Å². The van der Waals surface area contributed by atoms with Gasteiger partial charge in [0.05, 0.1) is 17.4 Å². The lowest BCUT2D eigenvalue weighted by molar-refractivity contribution is 0.759. The molecule has 0 saturated carbocycles. The normalized spacial score (nSPS) is 11.3. The van der Waals surface area contributed by atoms with Crippen LogP contribution in [0.3, 0.4) is 0 Å². The van der Waals surface area contributed by atoms with Crippen LogP contribution in [0.4, 0.5) is 0 Å². The standard InChI is InChI=1S/C16H24N2/c1-4-6-8-13-10-15-16(18(3)12-17-15)11-14(13)9-7-5-2/h10-12H,4-9H2,1-3H3. The van der Waals surface area contributed by atoms with Crippen LogP contribution in [0.15, 0.2) is 18.5 Å². The van der Waals surface area contributed by atoms with Crippen molar-refractivity contribution in [1.82, 2.24) is 9.55 Å². The van der Waals surface area contributed by atoms with Gasteiger partial charge in [-0.1, -0.05) is 26.7 Å². The minimum Gasteiger partial charge on any atom is -0.334 e. The molecule has 0 unspecified atom stereocenters. The zero-order valence-corrected chi connectivity index (χ0v) is 11.9. The molecule has 2 rings (SSSR count). The second-order valence-corrected chi connectivity index (χ2v) is 5.17. The molecule has 0 fully saturated rings. The molecule has 2 heteroatoms. The second kappa shape index (κ2) is 6.03. The summed E-state index contributed by atoms with van der Waals surface area (Å²) in [4.78, 5) is 4.47. The highest BCUT2D eigenvalue weighted by Crippen LogP contribution is 2.22. The Bertz CT molecular complexity index is 511. The van der Waals surface area contributed by atoms with E-state index < -0.39 is 0 Å². The summed E-state index contributed by atoms with van der Waals surface area (Å²) in [7, 11) is 2.07. The van der Waals surface area contributed by atoms with Gasteiger partial charge in [-0.05, 0) is 48.9 Å². The fourth-order valence-corrected chi connectivity index (χ4v) is 2.46. The Labute approximate surface area is 110 Å². The number of hydrogen-bond donors (Lipinski definition) is 0. The SMILES string of the molecule is CCCCc1cc2ncn(C)c2cc1CCCC. The zero-order chi connectivity index (χ0) is 13.0. The molecule has 2 aromatic rings. The van der Waals surface area contributed by atoms with Crippen LogP contribution in [0.2, 0.25) is 0 Å². The molecule has 1 heterocycles. The number of rotatable bonds is 6. The highest BCUT2D eigenvalue weighted by Gasteiger charge is 2.07. The van der Waals surface area contributed by atoms with Gasteiger partial charge >= 0.3 is 0 Å². The summed E-state index contributed by atoms with van der Waals surface area (Å²) in [5.41, 5.74) is 5.45. The highest BCUT2D eigenvalue weighted by atomic mass is 15.0. The van der Waals surface area contributed by atoms with Crippen molar-refractivity contribution >= 4 is 11.0 Å². The van der Waals surface area contributed by atoms with E-state index >= 15 is 0 Å². The van der Waals surface area contributed by atoms with E-state index in [0.29, 0.717) is 0 Å². The highest BCUT2D eigenvalue weighted by molar-refractivity contribution is 5.77. The topological polar surface area (TPSA) is 17.8 Å². The van der Waals surface area contributed by atoms with E-state index in [1.165, 1.54) is 55.2 Å². The lowest BCUT2D eigenvalue weighted by Gasteiger charge is -2.10. The largest absolute Gasteiger partial charge is 0.334 e. The van der Waals surface area contributed by atoms with E-state index in [9.17, 15) is 0 Å². The fourth-order valence-electron chi connectivity index (χ4n) is 2.46. The predicted molar refractivity (Wildman–Crippen MR) is 77.9 cm³/mol. The number of unbranched alkanes of at least 4 members (excludes halogenated alkanes) is 2. The maximum atomic E-state index is 4.47. The van der Waals surface area contributed by atoms with E-state index in [1.807, 2.05) is 6.33 Å². The van der Waals surface area contributed by atoms with Gasteiger partial charge in [0, 0.05) is 7.05 Å². The lowest BCUT2D eigenvalue weighted by atomic mass is 9.97. The lowest BCUT2D eigenvalue weighted by Crippen LogP contribution is -1.96. The number of fused-ring (bicyclic) bond motifs is 1. The predicted octanol–water partition coefficient (Wildman–Crippen LogP) is 4.26. The zero-order valence-electron chi connectivity index (χ0n) is 11.9. The Morgan fingerprint density at radius 1 is 1.00 bits per heavy atom. The molecule has 0 atom stereocenters. The third-order valence-electron chi connectivity index (χ3n) is 3.65. The summed E-state index contributed by atoms with van der Waals surface area (Å²) in [6, 6.07) is 4.65. The second-order valence-electron chi connectivity index (χ2n) is 5.17. The maximum Gasteiger partial charge on any atom is 0.0955 e. The number of imidazole rings is 1. The van der Waals surface area contributed by atoms with E-state index in [4.69, 9.17) is 0 Å². The first-order chi connectivity index (χ1) is 8.76. The smallest absolute Gasteiger partial charge is 0.0955 e.